The van der Waals surface area contributed by atoms with Crippen LogP contribution < -0.4 is 11.1 Å². The van der Waals surface area contributed by atoms with Gasteiger partial charge in [0.1, 0.15) is 0 Å². The molecule has 0 bridgehead atoms. The summed E-state index contributed by atoms with van der Waals surface area (Å²) in [6.07, 6.45) is 4.44. The molecule has 1 fully saturated rings. The smallest absolute Gasteiger partial charge is 0.251 e. The number of rotatable bonds is 6. The van der Waals surface area contributed by atoms with Crippen LogP contribution in [0, 0.1) is 5.92 Å². The third kappa shape index (κ3) is 7.22. The number of hydrogen-bond donors (Lipinski definition) is 2. The molecule has 2 rings (SSSR count). The maximum Gasteiger partial charge on any atom is 0.251 e. The monoisotopic (exact) mass is 458 g/mol. The van der Waals surface area contributed by atoms with Gasteiger partial charge in [-0.25, -0.2) is 4.99 Å². The molecule has 1 aliphatic heterocycles. The Morgan fingerprint density at radius 2 is 1.92 bits per heavy atom. The average molecular weight is 458 g/mol. The number of aliphatic imine (C=N–C) groups is 1. The highest BCUT2D eigenvalue weighted by molar-refractivity contribution is 14.0. The van der Waals surface area contributed by atoms with E-state index >= 15 is 0 Å². The van der Waals surface area contributed by atoms with Gasteiger partial charge in [-0.15, -0.1) is 24.0 Å². The number of nitrogens with one attached hydrogen (secondary N) is 1. The molecule has 0 aromatic heterocycles. The summed E-state index contributed by atoms with van der Waals surface area (Å²) in [4.78, 5) is 18.6. The maximum atomic E-state index is 12.0. The molecule has 1 aliphatic rings. The number of halogens is 1. The van der Waals surface area contributed by atoms with E-state index in [4.69, 9.17) is 5.73 Å². The Labute approximate surface area is 168 Å². The Morgan fingerprint density at radius 3 is 2.52 bits per heavy atom. The van der Waals surface area contributed by atoms with Crippen molar-refractivity contribution in [2.24, 2.45) is 16.6 Å². The van der Waals surface area contributed by atoms with E-state index in [1.165, 1.54) is 12.8 Å². The molecule has 0 aliphatic carbocycles. The zero-order valence-corrected chi connectivity index (χ0v) is 17.7. The number of guanidine groups is 1. The summed E-state index contributed by atoms with van der Waals surface area (Å²) in [6.45, 7) is 7.66. The van der Waals surface area contributed by atoms with Gasteiger partial charge in [-0.1, -0.05) is 32.4 Å². The summed E-state index contributed by atoms with van der Waals surface area (Å²) in [5.74, 6) is 1.40. The van der Waals surface area contributed by atoms with Gasteiger partial charge in [0.05, 0.1) is 6.54 Å². The van der Waals surface area contributed by atoms with Crippen molar-refractivity contribution in [2.75, 3.05) is 19.6 Å². The Kier molecular flexibility index (Phi) is 9.85. The van der Waals surface area contributed by atoms with E-state index < -0.39 is 0 Å². The van der Waals surface area contributed by atoms with Crippen LogP contribution in [0.25, 0.3) is 0 Å². The minimum atomic E-state index is -0.0135. The lowest BCUT2D eigenvalue weighted by molar-refractivity contribution is 0.0953. The summed E-state index contributed by atoms with van der Waals surface area (Å²) in [6, 6.07) is 7.60. The van der Waals surface area contributed by atoms with Gasteiger partial charge in [-0.3, -0.25) is 4.79 Å². The molecule has 0 saturated carbocycles. The minimum absolute atomic E-state index is 0. The van der Waals surface area contributed by atoms with Crippen molar-refractivity contribution in [3.05, 3.63) is 35.4 Å². The zero-order valence-electron chi connectivity index (χ0n) is 15.3. The SMILES string of the molecule is CCCCNC(=O)c1ccc(CN=C(N)N2CCC(C)CC2)cc1.I. The van der Waals surface area contributed by atoms with Crippen LogP contribution in [0.15, 0.2) is 29.3 Å². The van der Waals surface area contributed by atoms with Crippen molar-refractivity contribution >= 4 is 35.8 Å². The number of unbranched alkanes of at least 4 members (excludes halogenated alkanes) is 1. The number of nitrogens with two attached hydrogens (primary N) is 1. The first kappa shape index (κ1) is 21.7. The lowest BCUT2D eigenvalue weighted by Crippen LogP contribution is -2.42. The molecule has 1 amide bonds. The number of piperidine rings is 1. The summed E-state index contributed by atoms with van der Waals surface area (Å²) in [5, 5.41) is 2.92. The van der Waals surface area contributed by atoms with Gasteiger partial charge in [0.2, 0.25) is 0 Å². The summed E-state index contributed by atoms with van der Waals surface area (Å²) in [5.41, 5.74) is 7.85. The van der Waals surface area contributed by atoms with E-state index in [2.05, 4.69) is 29.1 Å². The largest absolute Gasteiger partial charge is 0.370 e. The molecule has 0 unspecified atom stereocenters. The third-order valence-corrected chi connectivity index (χ3v) is 4.56. The van der Waals surface area contributed by atoms with E-state index in [0.717, 1.165) is 44.0 Å². The van der Waals surface area contributed by atoms with Gasteiger partial charge in [0.15, 0.2) is 5.96 Å². The molecule has 5 nitrogen and oxygen atoms in total. The normalized spacial score (nSPS) is 15.6. The first-order chi connectivity index (χ1) is 11.6. The number of hydrogen-bond acceptors (Lipinski definition) is 2. The van der Waals surface area contributed by atoms with Gasteiger partial charge in [0.25, 0.3) is 5.91 Å². The Balaban J connectivity index is 0.00000312. The molecule has 3 N–H and O–H groups in total. The predicted molar refractivity (Wildman–Crippen MR) is 114 cm³/mol. The number of amides is 1. The fourth-order valence-corrected chi connectivity index (χ4v) is 2.75. The van der Waals surface area contributed by atoms with Crippen LogP contribution in [0.3, 0.4) is 0 Å². The van der Waals surface area contributed by atoms with Gasteiger partial charge in [0, 0.05) is 25.2 Å². The molecule has 0 atom stereocenters. The quantitative estimate of drug-likeness (QED) is 0.297. The highest BCUT2D eigenvalue weighted by Gasteiger charge is 2.16. The molecule has 1 heterocycles. The molecule has 1 aromatic carbocycles. The molecule has 140 valence electrons. The van der Waals surface area contributed by atoms with Gasteiger partial charge in [-0.05, 0) is 42.9 Å². The molecule has 0 spiro atoms. The lowest BCUT2D eigenvalue weighted by Gasteiger charge is -2.31. The molecule has 1 aromatic rings. The van der Waals surface area contributed by atoms with Crippen molar-refractivity contribution in [1.29, 1.82) is 0 Å². The lowest BCUT2D eigenvalue weighted by atomic mass is 10.00. The van der Waals surface area contributed by atoms with E-state index in [-0.39, 0.29) is 29.9 Å². The van der Waals surface area contributed by atoms with Crippen LogP contribution in [0.4, 0.5) is 0 Å². The average Bonchev–Trinajstić information content (AvgIpc) is 2.61. The Bertz CT molecular complexity index is 551. The fourth-order valence-electron chi connectivity index (χ4n) is 2.75. The van der Waals surface area contributed by atoms with Gasteiger partial charge >= 0.3 is 0 Å². The molecular formula is C19H31IN4O. The van der Waals surface area contributed by atoms with Crippen molar-refractivity contribution in [3.8, 4) is 0 Å². The number of likely N-dealkylation sites (tertiary alicyclic amines) is 1. The van der Waals surface area contributed by atoms with Crippen molar-refractivity contribution in [2.45, 2.75) is 46.1 Å². The number of nitrogens with zero attached hydrogens (tertiary/aromatic N) is 2. The molecule has 6 heteroatoms. The standard InChI is InChI=1S/C19H30N4O.HI/c1-3-4-11-21-18(24)17-7-5-16(6-8-17)14-22-19(20)23-12-9-15(2)10-13-23;/h5-8,15H,3-4,9-14H2,1-2H3,(H2,20,22)(H,21,24);1H. The number of carbonyl (C=O) groups excluding carboxylic acids is 1. The van der Waals surface area contributed by atoms with E-state index in [1.807, 2.05) is 24.3 Å². The summed E-state index contributed by atoms with van der Waals surface area (Å²) < 4.78 is 0. The molecule has 0 radical (unpaired) electrons. The highest BCUT2D eigenvalue weighted by atomic mass is 127. The molecule has 25 heavy (non-hydrogen) atoms. The number of benzene rings is 1. The van der Waals surface area contributed by atoms with E-state index in [9.17, 15) is 4.79 Å². The van der Waals surface area contributed by atoms with E-state index in [1.54, 1.807) is 0 Å². The van der Waals surface area contributed by atoms with Gasteiger partial charge < -0.3 is 16.0 Å². The molecule has 1 saturated heterocycles. The predicted octanol–water partition coefficient (Wildman–Crippen LogP) is 3.38. The van der Waals surface area contributed by atoms with Crippen LogP contribution in [0.2, 0.25) is 0 Å². The first-order valence-corrected chi connectivity index (χ1v) is 9.02. The number of carbonyl (C=O) groups is 1. The zero-order chi connectivity index (χ0) is 17.4. The van der Waals surface area contributed by atoms with Crippen molar-refractivity contribution in [3.63, 3.8) is 0 Å². The second-order valence-corrected chi connectivity index (χ2v) is 6.65. The Hall–Kier alpha value is -1.31. The topological polar surface area (TPSA) is 70.7 Å². The van der Waals surface area contributed by atoms with Crippen LogP contribution in [0.5, 0.6) is 0 Å². The van der Waals surface area contributed by atoms with Crippen LogP contribution in [0.1, 0.15) is 55.5 Å². The van der Waals surface area contributed by atoms with Crippen molar-refractivity contribution in [1.82, 2.24) is 10.2 Å². The fraction of sp³-hybridized carbons (Fsp3) is 0.579. The third-order valence-electron chi connectivity index (χ3n) is 4.56. The second-order valence-electron chi connectivity index (χ2n) is 6.65. The van der Waals surface area contributed by atoms with Crippen LogP contribution in [-0.4, -0.2) is 36.4 Å². The van der Waals surface area contributed by atoms with E-state index in [0.29, 0.717) is 18.1 Å². The second kappa shape index (κ2) is 11.3. The summed E-state index contributed by atoms with van der Waals surface area (Å²) in [7, 11) is 0. The first-order valence-electron chi connectivity index (χ1n) is 9.02. The van der Waals surface area contributed by atoms with Crippen molar-refractivity contribution < 1.29 is 4.79 Å². The maximum absolute atomic E-state index is 12.0. The van der Waals surface area contributed by atoms with Gasteiger partial charge in [-0.2, -0.15) is 0 Å². The highest BCUT2D eigenvalue weighted by Crippen LogP contribution is 2.15. The summed E-state index contributed by atoms with van der Waals surface area (Å²) >= 11 is 0. The minimum Gasteiger partial charge on any atom is -0.370 e. The Morgan fingerprint density at radius 1 is 1.28 bits per heavy atom. The van der Waals surface area contributed by atoms with Crippen LogP contribution in [-0.2, 0) is 6.54 Å². The molecular weight excluding hydrogens is 427 g/mol. The van der Waals surface area contributed by atoms with Crippen LogP contribution >= 0.6 is 24.0 Å².